The largest absolute Gasteiger partial charge is 0.357 e. The molecule has 2 N–H and O–H groups in total. The Bertz CT molecular complexity index is 335. The molecule has 1 fully saturated rings. The zero-order valence-electron chi connectivity index (χ0n) is 13.8. The molecule has 2 rings (SSSR count). The van der Waals surface area contributed by atoms with E-state index in [1.807, 2.05) is 0 Å². The van der Waals surface area contributed by atoms with Crippen molar-refractivity contribution in [3.05, 3.63) is 12.2 Å². The van der Waals surface area contributed by atoms with Gasteiger partial charge in [-0.1, -0.05) is 19.1 Å². The predicted molar refractivity (Wildman–Crippen MR) is 90.7 cm³/mol. The van der Waals surface area contributed by atoms with Crippen molar-refractivity contribution in [3.8, 4) is 0 Å². The zero-order chi connectivity index (χ0) is 14.9. The van der Waals surface area contributed by atoms with Gasteiger partial charge in [0.25, 0.3) is 0 Å². The number of guanidine groups is 1. The van der Waals surface area contributed by atoms with E-state index in [-0.39, 0.29) is 0 Å². The van der Waals surface area contributed by atoms with Gasteiger partial charge < -0.3 is 15.5 Å². The first-order chi connectivity index (χ1) is 10.3. The lowest BCUT2D eigenvalue weighted by Gasteiger charge is -2.30. The number of nitrogens with one attached hydrogen (secondary N) is 2. The Morgan fingerprint density at radius 2 is 1.90 bits per heavy atom. The van der Waals surface area contributed by atoms with Crippen LogP contribution in [0, 0.1) is 5.92 Å². The molecule has 0 aromatic heterocycles. The lowest BCUT2D eigenvalue weighted by molar-refractivity contribution is 0.188. The van der Waals surface area contributed by atoms with E-state index < -0.39 is 0 Å². The molecule has 1 heterocycles. The van der Waals surface area contributed by atoms with Crippen molar-refractivity contribution in [2.24, 2.45) is 10.9 Å². The first kappa shape index (κ1) is 16.3. The van der Waals surface area contributed by atoms with E-state index in [0.29, 0.717) is 6.04 Å². The predicted octanol–water partition coefficient (Wildman–Crippen LogP) is 2.38. The number of nitrogens with zero attached hydrogens (tertiary/aromatic N) is 2. The fraction of sp³-hybridized carbons (Fsp3) is 0.824. The summed E-state index contributed by atoms with van der Waals surface area (Å²) in [5.41, 5.74) is 0. The first-order valence-electron chi connectivity index (χ1n) is 8.74. The fourth-order valence-corrected chi connectivity index (χ4v) is 3.20. The molecule has 0 spiro atoms. The molecule has 0 saturated carbocycles. The van der Waals surface area contributed by atoms with Crippen LogP contribution < -0.4 is 10.6 Å². The maximum Gasteiger partial charge on any atom is 0.191 e. The fourth-order valence-electron chi connectivity index (χ4n) is 3.20. The summed E-state index contributed by atoms with van der Waals surface area (Å²) in [6.07, 6.45) is 10.7. The van der Waals surface area contributed by atoms with Crippen LogP contribution in [-0.2, 0) is 0 Å². The minimum atomic E-state index is 0.538. The van der Waals surface area contributed by atoms with Gasteiger partial charge in [0.05, 0.1) is 0 Å². The van der Waals surface area contributed by atoms with Crippen LogP contribution in [-0.4, -0.2) is 49.6 Å². The Morgan fingerprint density at radius 3 is 2.52 bits per heavy atom. The third-order valence-electron chi connectivity index (χ3n) is 4.65. The summed E-state index contributed by atoms with van der Waals surface area (Å²) in [6.45, 7) is 10.0. The molecule has 1 aliphatic heterocycles. The van der Waals surface area contributed by atoms with Crippen LogP contribution in [0.1, 0.15) is 46.0 Å². The summed E-state index contributed by atoms with van der Waals surface area (Å²) in [4.78, 5) is 7.32. The molecule has 4 heteroatoms. The summed E-state index contributed by atoms with van der Waals surface area (Å²) in [5.74, 6) is 1.87. The van der Waals surface area contributed by atoms with Gasteiger partial charge in [0, 0.05) is 19.1 Å². The average molecular weight is 292 g/mol. The molecular formula is C17H32N4. The van der Waals surface area contributed by atoms with Crippen molar-refractivity contribution in [2.75, 3.05) is 32.7 Å². The maximum absolute atomic E-state index is 4.76. The van der Waals surface area contributed by atoms with Crippen LogP contribution in [0.5, 0.6) is 0 Å². The topological polar surface area (TPSA) is 39.7 Å². The second-order valence-electron chi connectivity index (χ2n) is 6.21. The van der Waals surface area contributed by atoms with Gasteiger partial charge in [-0.15, -0.1) is 0 Å². The number of hydrogen-bond acceptors (Lipinski definition) is 2. The summed E-state index contributed by atoms with van der Waals surface area (Å²) < 4.78 is 0. The SMILES string of the molecule is CCNC(=NCCC1CCN(CC)CC1)NC1CC=CC1. The van der Waals surface area contributed by atoms with Gasteiger partial charge in [-0.2, -0.15) is 0 Å². The number of likely N-dealkylation sites (tertiary alicyclic amines) is 1. The third-order valence-corrected chi connectivity index (χ3v) is 4.65. The molecule has 0 atom stereocenters. The van der Waals surface area contributed by atoms with Gasteiger partial charge in [0.2, 0.25) is 0 Å². The van der Waals surface area contributed by atoms with E-state index in [9.17, 15) is 0 Å². The van der Waals surface area contributed by atoms with E-state index in [1.54, 1.807) is 0 Å². The highest BCUT2D eigenvalue weighted by Gasteiger charge is 2.17. The molecular weight excluding hydrogens is 260 g/mol. The van der Waals surface area contributed by atoms with Crippen LogP contribution in [0.15, 0.2) is 17.1 Å². The zero-order valence-corrected chi connectivity index (χ0v) is 13.8. The smallest absolute Gasteiger partial charge is 0.191 e. The molecule has 120 valence electrons. The molecule has 0 unspecified atom stereocenters. The Hall–Kier alpha value is -1.03. The molecule has 0 aromatic carbocycles. The average Bonchev–Trinajstić information content (AvgIpc) is 3.01. The van der Waals surface area contributed by atoms with E-state index >= 15 is 0 Å². The molecule has 0 amide bonds. The van der Waals surface area contributed by atoms with E-state index in [4.69, 9.17) is 4.99 Å². The summed E-state index contributed by atoms with van der Waals surface area (Å²) in [7, 11) is 0. The Morgan fingerprint density at radius 1 is 1.19 bits per heavy atom. The molecule has 1 saturated heterocycles. The first-order valence-corrected chi connectivity index (χ1v) is 8.74. The maximum atomic E-state index is 4.76. The van der Waals surface area contributed by atoms with Crippen molar-refractivity contribution >= 4 is 5.96 Å². The standard InChI is InChI=1S/C17H32N4/c1-3-18-17(20-16-7-5-6-8-16)19-12-9-15-10-13-21(4-2)14-11-15/h5-6,15-16H,3-4,7-14H2,1-2H3,(H2,18,19,20). The van der Waals surface area contributed by atoms with Crippen LogP contribution >= 0.6 is 0 Å². The van der Waals surface area contributed by atoms with E-state index in [2.05, 4.69) is 41.5 Å². The van der Waals surface area contributed by atoms with Crippen molar-refractivity contribution < 1.29 is 0 Å². The quantitative estimate of drug-likeness (QED) is 0.448. The molecule has 0 bridgehead atoms. The number of piperidine rings is 1. The van der Waals surface area contributed by atoms with Crippen molar-refractivity contribution in [1.29, 1.82) is 0 Å². The normalized spacial score (nSPS) is 21.9. The molecule has 21 heavy (non-hydrogen) atoms. The van der Waals surface area contributed by atoms with Crippen LogP contribution in [0.25, 0.3) is 0 Å². The summed E-state index contributed by atoms with van der Waals surface area (Å²) in [6, 6.07) is 0.538. The molecule has 0 aromatic rings. The van der Waals surface area contributed by atoms with Gasteiger partial charge in [0.1, 0.15) is 0 Å². The Labute approximate surface area is 130 Å². The van der Waals surface area contributed by atoms with E-state index in [1.165, 1.54) is 38.9 Å². The minimum absolute atomic E-state index is 0.538. The molecule has 0 radical (unpaired) electrons. The molecule has 2 aliphatic rings. The van der Waals surface area contributed by atoms with Crippen molar-refractivity contribution in [1.82, 2.24) is 15.5 Å². The van der Waals surface area contributed by atoms with Crippen LogP contribution in [0.4, 0.5) is 0 Å². The highest BCUT2D eigenvalue weighted by atomic mass is 15.2. The van der Waals surface area contributed by atoms with Crippen molar-refractivity contribution in [2.45, 2.75) is 52.0 Å². The van der Waals surface area contributed by atoms with Gasteiger partial charge in [0.15, 0.2) is 5.96 Å². The highest BCUT2D eigenvalue weighted by Crippen LogP contribution is 2.20. The number of aliphatic imine (C=N–C) groups is 1. The Kier molecular flexibility index (Phi) is 7.07. The number of hydrogen-bond donors (Lipinski definition) is 2. The second-order valence-corrected chi connectivity index (χ2v) is 6.21. The number of rotatable bonds is 6. The summed E-state index contributed by atoms with van der Waals surface area (Å²) >= 11 is 0. The summed E-state index contributed by atoms with van der Waals surface area (Å²) in [5, 5.41) is 6.91. The third kappa shape index (κ3) is 5.70. The van der Waals surface area contributed by atoms with Crippen LogP contribution in [0.2, 0.25) is 0 Å². The Balaban J connectivity index is 1.69. The monoisotopic (exact) mass is 292 g/mol. The van der Waals surface area contributed by atoms with E-state index in [0.717, 1.165) is 37.8 Å². The van der Waals surface area contributed by atoms with Gasteiger partial charge >= 0.3 is 0 Å². The van der Waals surface area contributed by atoms with Crippen molar-refractivity contribution in [3.63, 3.8) is 0 Å². The molecule has 1 aliphatic carbocycles. The van der Waals surface area contributed by atoms with Gasteiger partial charge in [-0.05, 0) is 64.6 Å². The second kappa shape index (κ2) is 9.08. The van der Waals surface area contributed by atoms with Gasteiger partial charge in [-0.3, -0.25) is 4.99 Å². The molecule has 4 nitrogen and oxygen atoms in total. The highest BCUT2D eigenvalue weighted by molar-refractivity contribution is 5.80. The lowest BCUT2D eigenvalue weighted by Crippen LogP contribution is -2.42. The van der Waals surface area contributed by atoms with Gasteiger partial charge in [-0.25, -0.2) is 0 Å². The minimum Gasteiger partial charge on any atom is -0.357 e. The van der Waals surface area contributed by atoms with Crippen LogP contribution in [0.3, 0.4) is 0 Å². The lowest BCUT2D eigenvalue weighted by atomic mass is 9.94.